The number of ether oxygens (including phenoxy) is 2. The van der Waals surface area contributed by atoms with Gasteiger partial charge in [0.15, 0.2) is 17.3 Å². The topological polar surface area (TPSA) is 69.4 Å². The molecule has 114 valence electrons. The van der Waals surface area contributed by atoms with Crippen LogP contribution in [0.4, 0.5) is 0 Å². The molecule has 0 aliphatic rings. The number of hydrogen-bond acceptors (Lipinski definition) is 5. The third-order valence-electron chi connectivity index (χ3n) is 2.95. The second-order valence-corrected chi connectivity index (χ2v) is 5.31. The van der Waals surface area contributed by atoms with E-state index in [0.717, 1.165) is 28.8 Å². The predicted molar refractivity (Wildman–Crippen MR) is 81.3 cm³/mol. The van der Waals surface area contributed by atoms with Gasteiger partial charge < -0.3 is 14.6 Å². The van der Waals surface area contributed by atoms with Crippen LogP contribution in [0.5, 0.6) is 11.5 Å². The lowest BCUT2D eigenvalue weighted by atomic mass is 10.2. The molecule has 0 amide bonds. The molecule has 0 bridgehead atoms. The van der Waals surface area contributed by atoms with E-state index in [2.05, 4.69) is 32.9 Å². The van der Waals surface area contributed by atoms with Crippen molar-refractivity contribution in [2.75, 3.05) is 7.11 Å². The summed E-state index contributed by atoms with van der Waals surface area (Å²) >= 11 is 3.43. The summed E-state index contributed by atoms with van der Waals surface area (Å²) in [7, 11) is 1.56. The van der Waals surface area contributed by atoms with E-state index in [1.807, 2.05) is 4.68 Å². The minimum atomic E-state index is -0.0555. The monoisotopic (exact) mass is 355 g/mol. The van der Waals surface area contributed by atoms with Crippen LogP contribution in [0.25, 0.3) is 0 Å². The van der Waals surface area contributed by atoms with E-state index in [1.54, 1.807) is 19.2 Å². The highest BCUT2D eigenvalue weighted by molar-refractivity contribution is 9.10. The average Bonchev–Trinajstić information content (AvgIpc) is 2.93. The molecule has 0 atom stereocenters. The second kappa shape index (κ2) is 7.42. The van der Waals surface area contributed by atoms with Crippen LogP contribution in [-0.2, 0) is 19.8 Å². The van der Waals surface area contributed by atoms with Gasteiger partial charge in [-0.05, 0) is 40.0 Å². The number of hydrogen-bond donors (Lipinski definition) is 1. The molecule has 1 heterocycles. The van der Waals surface area contributed by atoms with Gasteiger partial charge in [-0.2, -0.15) is 5.10 Å². The molecular weight excluding hydrogens is 338 g/mol. The molecule has 0 radical (unpaired) electrons. The summed E-state index contributed by atoms with van der Waals surface area (Å²) in [4.78, 5) is 4.20. The summed E-state index contributed by atoms with van der Waals surface area (Å²) in [6.45, 7) is 3.13. The molecular formula is C14H18BrN3O3. The molecule has 0 spiro atoms. The first-order valence-electron chi connectivity index (χ1n) is 6.66. The molecule has 0 aliphatic heterocycles. The molecule has 0 aliphatic carbocycles. The van der Waals surface area contributed by atoms with Crippen molar-refractivity contribution in [2.24, 2.45) is 0 Å². The number of aliphatic hydroxyl groups excluding tert-OH is 1. The first kappa shape index (κ1) is 15.8. The smallest absolute Gasteiger partial charge is 0.176 e. The fraction of sp³-hybridized carbons (Fsp3) is 0.429. The Morgan fingerprint density at radius 3 is 2.86 bits per heavy atom. The molecule has 1 aromatic carbocycles. The lowest BCUT2D eigenvalue weighted by Crippen LogP contribution is -2.09. The molecule has 0 saturated carbocycles. The van der Waals surface area contributed by atoms with E-state index in [0.29, 0.717) is 18.1 Å². The van der Waals surface area contributed by atoms with E-state index in [-0.39, 0.29) is 6.61 Å². The molecule has 1 aromatic heterocycles. The van der Waals surface area contributed by atoms with E-state index in [1.165, 1.54) is 6.33 Å². The Morgan fingerprint density at radius 2 is 2.19 bits per heavy atom. The number of aromatic nitrogens is 3. The van der Waals surface area contributed by atoms with Crippen molar-refractivity contribution in [1.29, 1.82) is 0 Å². The molecule has 2 rings (SSSR count). The summed E-state index contributed by atoms with van der Waals surface area (Å²) < 4.78 is 13.7. The van der Waals surface area contributed by atoms with E-state index in [4.69, 9.17) is 9.47 Å². The van der Waals surface area contributed by atoms with Crippen molar-refractivity contribution >= 4 is 15.9 Å². The second-order valence-electron chi connectivity index (χ2n) is 4.46. The predicted octanol–water partition coefficient (Wildman–Crippen LogP) is 2.53. The summed E-state index contributed by atoms with van der Waals surface area (Å²) in [5.74, 6) is 1.91. The number of nitrogens with zero attached hydrogens (tertiary/aromatic N) is 3. The van der Waals surface area contributed by atoms with Gasteiger partial charge in [-0.3, -0.25) is 0 Å². The highest BCUT2D eigenvalue weighted by Crippen LogP contribution is 2.37. The Hall–Kier alpha value is -1.60. The van der Waals surface area contributed by atoms with Crippen LogP contribution in [0.15, 0.2) is 22.9 Å². The zero-order valence-corrected chi connectivity index (χ0v) is 13.6. The van der Waals surface area contributed by atoms with Gasteiger partial charge in [0, 0.05) is 6.54 Å². The lowest BCUT2D eigenvalue weighted by molar-refractivity contribution is 0.263. The van der Waals surface area contributed by atoms with Crippen LogP contribution in [-0.4, -0.2) is 27.0 Å². The Kier molecular flexibility index (Phi) is 5.58. The van der Waals surface area contributed by atoms with Crippen molar-refractivity contribution in [1.82, 2.24) is 14.8 Å². The third-order valence-corrected chi connectivity index (χ3v) is 3.54. The SMILES string of the molecule is CCCn1ncnc1COc1c(Br)cc(CO)cc1OC. The maximum Gasteiger partial charge on any atom is 0.176 e. The normalized spacial score (nSPS) is 10.7. The molecule has 7 heteroatoms. The number of rotatable bonds is 7. The van der Waals surface area contributed by atoms with Gasteiger partial charge in [0.2, 0.25) is 0 Å². The van der Waals surface area contributed by atoms with Crippen molar-refractivity contribution < 1.29 is 14.6 Å². The highest BCUT2D eigenvalue weighted by Gasteiger charge is 2.13. The van der Waals surface area contributed by atoms with Crippen LogP contribution in [0.2, 0.25) is 0 Å². The van der Waals surface area contributed by atoms with Gasteiger partial charge in [0.1, 0.15) is 12.9 Å². The zero-order valence-electron chi connectivity index (χ0n) is 12.0. The van der Waals surface area contributed by atoms with E-state index < -0.39 is 0 Å². The van der Waals surface area contributed by atoms with E-state index in [9.17, 15) is 5.11 Å². The van der Waals surface area contributed by atoms with Crippen molar-refractivity contribution in [3.8, 4) is 11.5 Å². The third kappa shape index (κ3) is 3.74. The van der Waals surface area contributed by atoms with Gasteiger partial charge >= 0.3 is 0 Å². The minimum absolute atomic E-state index is 0.0555. The first-order valence-corrected chi connectivity index (χ1v) is 7.45. The zero-order chi connectivity index (χ0) is 15.2. The molecule has 6 nitrogen and oxygen atoms in total. The molecule has 21 heavy (non-hydrogen) atoms. The maximum absolute atomic E-state index is 9.21. The summed E-state index contributed by atoms with van der Waals surface area (Å²) in [5, 5.41) is 13.4. The van der Waals surface area contributed by atoms with Crippen LogP contribution >= 0.6 is 15.9 Å². The number of aliphatic hydroxyl groups is 1. The number of halogens is 1. The summed E-state index contributed by atoms with van der Waals surface area (Å²) in [5.41, 5.74) is 0.750. The lowest BCUT2D eigenvalue weighted by Gasteiger charge is -2.14. The van der Waals surface area contributed by atoms with Crippen LogP contribution < -0.4 is 9.47 Å². The molecule has 0 unspecified atom stereocenters. The number of benzene rings is 1. The van der Waals surface area contributed by atoms with Crippen molar-refractivity contribution in [2.45, 2.75) is 33.1 Å². The Balaban J connectivity index is 2.17. The Bertz CT molecular complexity index is 601. The first-order chi connectivity index (χ1) is 10.2. The van der Waals surface area contributed by atoms with Gasteiger partial charge in [-0.25, -0.2) is 9.67 Å². The molecule has 2 aromatic rings. The fourth-order valence-corrected chi connectivity index (χ4v) is 2.54. The molecule has 0 fully saturated rings. The van der Waals surface area contributed by atoms with Gasteiger partial charge in [0.25, 0.3) is 0 Å². The number of aryl methyl sites for hydroxylation is 1. The van der Waals surface area contributed by atoms with Crippen LogP contribution in [0.3, 0.4) is 0 Å². The maximum atomic E-state index is 9.21. The largest absolute Gasteiger partial charge is 0.493 e. The van der Waals surface area contributed by atoms with Crippen molar-refractivity contribution in [3.05, 3.63) is 34.3 Å². The van der Waals surface area contributed by atoms with Crippen LogP contribution in [0, 0.1) is 0 Å². The van der Waals surface area contributed by atoms with E-state index >= 15 is 0 Å². The summed E-state index contributed by atoms with van der Waals surface area (Å²) in [6.07, 6.45) is 2.50. The van der Waals surface area contributed by atoms with Crippen molar-refractivity contribution in [3.63, 3.8) is 0 Å². The van der Waals surface area contributed by atoms with Gasteiger partial charge in [-0.15, -0.1) is 0 Å². The van der Waals surface area contributed by atoms with Crippen LogP contribution in [0.1, 0.15) is 24.7 Å². The van der Waals surface area contributed by atoms with Gasteiger partial charge in [0.05, 0.1) is 18.2 Å². The standard InChI is InChI=1S/C14H18BrN3O3/c1-3-4-18-13(16-9-17-18)8-21-14-11(15)5-10(7-19)6-12(14)20-2/h5-6,9,19H,3-4,7-8H2,1-2H3. The van der Waals surface area contributed by atoms with Gasteiger partial charge in [-0.1, -0.05) is 6.92 Å². The molecule has 0 saturated heterocycles. The Labute approximate surface area is 131 Å². The quantitative estimate of drug-likeness (QED) is 0.826. The number of methoxy groups -OCH3 is 1. The average molecular weight is 356 g/mol. The summed E-state index contributed by atoms with van der Waals surface area (Å²) in [6, 6.07) is 3.55. The highest BCUT2D eigenvalue weighted by atomic mass is 79.9. The fourth-order valence-electron chi connectivity index (χ4n) is 1.94. The Morgan fingerprint density at radius 1 is 1.38 bits per heavy atom. The minimum Gasteiger partial charge on any atom is -0.493 e. The molecule has 1 N–H and O–H groups in total.